The van der Waals surface area contributed by atoms with Crippen molar-refractivity contribution in [2.24, 2.45) is 0 Å². The number of amides is 1. The van der Waals surface area contributed by atoms with Crippen molar-refractivity contribution in [3.63, 3.8) is 0 Å². The minimum absolute atomic E-state index is 0.0873. The molecule has 0 bridgehead atoms. The van der Waals surface area contributed by atoms with Crippen molar-refractivity contribution in [2.45, 2.75) is 44.8 Å². The molecule has 1 fully saturated rings. The zero-order valence-electron chi connectivity index (χ0n) is 16.4. The van der Waals surface area contributed by atoms with E-state index in [9.17, 15) is 9.90 Å². The van der Waals surface area contributed by atoms with Crippen LogP contribution in [0.4, 0.5) is 5.95 Å². The zero-order chi connectivity index (χ0) is 20.1. The first-order chi connectivity index (χ1) is 13.5. The summed E-state index contributed by atoms with van der Waals surface area (Å²) in [6.07, 6.45) is 4.86. The first kappa shape index (κ1) is 20.3. The van der Waals surface area contributed by atoms with Crippen LogP contribution in [0.25, 0.3) is 10.9 Å². The van der Waals surface area contributed by atoms with Gasteiger partial charge in [-0.2, -0.15) is 0 Å². The average Bonchev–Trinajstić information content (AvgIpc) is 2.69. The third-order valence-corrected chi connectivity index (χ3v) is 5.13. The van der Waals surface area contributed by atoms with E-state index in [-0.39, 0.29) is 37.8 Å². The van der Waals surface area contributed by atoms with Gasteiger partial charge in [0.15, 0.2) is 6.61 Å². The summed E-state index contributed by atoms with van der Waals surface area (Å²) in [5.41, 5.74) is 1.54. The van der Waals surface area contributed by atoms with E-state index in [2.05, 4.69) is 15.3 Å². The van der Waals surface area contributed by atoms with Crippen molar-refractivity contribution < 1.29 is 19.7 Å². The van der Waals surface area contributed by atoms with Gasteiger partial charge in [-0.3, -0.25) is 4.79 Å². The normalized spacial score (nSPS) is 19.4. The molecule has 3 N–H and O–H groups in total. The van der Waals surface area contributed by atoms with Crippen LogP contribution in [-0.4, -0.2) is 69.9 Å². The molecule has 3 rings (SSSR count). The number of aliphatic hydroxyl groups excluding tert-OH is 2. The van der Waals surface area contributed by atoms with Gasteiger partial charge in [0.2, 0.25) is 5.95 Å². The number of likely N-dealkylation sites (N-methyl/N-ethyl adjacent to an activating group) is 1. The van der Waals surface area contributed by atoms with E-state index in [0.717, 1.165) is 36.6 Å². The van der Waals surface area contributed by atoms with Gasteiger partial charge in [-0.05, 0) is 38.2 Å². The number of carbonyl (C=O) groups is 1. The minimum Gasteiger partial charge on any atom is -0.481 e. The number of anilines is 1. The summed E-state index contributed by atoms with van der Waals surface area (Å²) in [5, 5.41) is 22.8. The number of nitrogens with zero attached hydrogens (tertiary/aromatic N) is 3. The highest BCUT2D eigenvalue weighted by molar-refractivity contribution is 5.86. The van der Waals surface area contributed by atoms with Gasteiger partial charge in [0, 0.05) is 31.2 Å². The summed E-state index contributed by atoms with van der Waals surface area (Å²) < 4.78 is 5.81. The number of benzene rings is 1. The third-order valence-electron chi connectivity index (χ3n) is 5.13. The highest BCUT2D eigenvalue weighted by Gasteiger charge is 2.20. The Bertz CT molecular complexity index is 821. The maximum Gasteiger partial charge on any atom is 0.260 e. The number of fused-ring (bicyclic) bond motifs is 1. The maximum absolute atomic E-state index is 12.1. The van der Waals surface area contributed by atoms with Crippen LogP contribution < -0.4 is 10.1 Å². The van der Waals surface area contributed by atoms with Gasteiger partial charge >= 0.3 is 0 Å². The molecule has 0 unspecified atom stereocenters. The van der Waals surface area contributed by atoms with E-state index >= 15 is 0 Å². The Kier molecular flexibility index (Phi) is 6.64. The van der Waals surface area contributed by atoms with Gasteiger partial charge in [-0.1, -0.05) is 12.1 Å². The van der Waals surface area contributed by atoms with E-state index in [1.54, 1.807) is 13.2 Å². The quantitative estimate of drug-likeness (QED) is 0.659. The summed E-state index contributed by atoms with van der Waals surface area (Å²) in [7, 11) is 1.63. The number of ether oxygens (including phenoxy) is 1. The molecular weight excluding hydrogens is 360 g/mol. The van der Waals surface area contributed by atoms with Crippen LogP contribution in [0.15, 0.2) is 18.3 Å². The Morgan fingerprint density at radius 3 is 2.79 bits per heavy atom. The van der Waals surface area contributed by atoms with E-state index in [4.69, 9.17) is 9.84 Å². The molecule has 2 aromatic rings. The molecule has 1 aromatic heterocycles. The molecule has 0 spiro atoms. The van der Waals surface area contributed by atoms with Gasteiger partial charge in [0.05, 0.1) is 12.7 Å². The topological polar surface area (TPSA) is 108 Å². The largest absolute Gasteiger partial charge is 0.481 e. The lowest BCUT2D eigenvalue weighted by Crippen LogP contribution is -2.33. The number of carbonyl (C=O) groups excluding carboxylic acids is 1. The first-order valence-electron chi connectivity index (χ1n) is 9.66. The monoisotopic (exact) mass is 388 g/mol. The Morgan fingerprint density at radius 1 is 1.32 bits per heavy atom. The Labute approximate surface area is 164 Å². The number of hydrogen-bond donors (Lipinski definition) is 3. The van der Waals surface area contributed by atoms with Gasteiger partial charge < -0.3 is 25.2 Å². The highest BCUT2D eigenvalue weighted by Crippen LogP contribution is 2.29. The summed E-state index contributed by atoms with van der Waals surface area (Å²) in [5.74, 6) is 0.874. The lowest BCUT2D eigenvalue weighted by Gasteiger charge is -2.26. The lowest BCUT2D eigenvalue weighted by molar-refractivity contribution is -0.132. The number of aliphatic hydroxyl groups is 2. The van der Waals surface area contributed by atoms with Gasteiger partial charge in [0.1, 0.15) is 11.3 Å². The first-order valence-corrected chi connectivity index (χ1v) is 9.66. The van der Waals surface area contributed by atoms with Crippen molar-refractivity contribution in [1.29, 1.82) is 0 Å². The molecule has 152 valence electrons. The molecule has 1 aliphatic rings. The molecule has 1 heterocycles. The van der Waals surface area contributed by atoms with Crippen LogP contribution in [0.5, 0.6) is 5.75 Å². The molecular formula is C20H28N4O4. The number of hydrogen-bond acceptors (Lipinski definition) is 7. The van der Waals surface area contributed by atoms with Crippen LogP contribution >= 0.6 is 0 Å². The van der Waals surface area contributed by atoms with Gasteiger partial charge in [-0.15, -0.1) is 0 Å². The molecule has 8 heteroatoms. The smallest absolute Gasteiger partial charge is 0.260 e. The van der Waals surface area contributed by atoms with E-state index in [1.807, 2.05) is 19.1 Å². The summed E-state index contributed by atoms with van der Waals surface area (Å²) in [4.78, 5) is 22.6. The minimum atomic E-state index is -0.210. The fourth-order valence-electron chi connectivity index (χ4n) is 3.35. The van der Waals surface area contributed by atoms with Crippen molar-refractivity contribution in [3.05, 3.63) is 23.9 Å². The van der Waals surface area contributed by atoms with Crippen LogP contribution in [-0.2, 0) is 4.79 Å². The second-order valence-corrected chi connectivity index (χ2v) is 7.32. The SMILES string of the molecule is Cc1ccc2cnc(N[C@H]3CC[C@H](O)CC3)nc2c1OCC(=O)N(C)CCO. The van der Waals surface area contributed by atoms with Gasteiger partial charge in [0.25, 0.3) is 5.91 Å². The lowest BCUT2D eigenvalue weighted by atomic mass is 9.93. The molecule has 1 aliphatic carbocycles. The number of aromatic nitrogens is 2. The second-order valence-electron chi connectivity index (χ2n) is 7.32. The number of aryl methyl sites for hydroxylation is 1. The van der Waals surface area contributed by atoms with Crippen LogP contribution in [0.3, 0.4) is 0 Å². The van der Waals surface area contributed by atoms with Crippen LogP contribution in [0, 0.1) is 6.92 Å². The Balaban J connectivity index is 1.77. The average molecular weight is 388 g/mol. The fourth-order valence-corrected chi connectivity index (χ4v) is 3.35. The number of rotatable bonds is 7. The number of nitrogens with one attached hydrogen (secondary N) is 1. The zero-order valence-corrected chi connectivity index (χ0v) is 16.4. The molecule has 1 saturated carbocycles. The van der Waals surface area contributed by atoms with Crippen molar-refractivity contribution >= 4 is 22.8 Å². The molecule has 0 aliphatic heterocycles. The molecule has 0 saturated heterocycles. The van der Waals surface area contributed by atoms with E-state index in [0.29, 0.717) is 17.2 Å². The Morgan fingerprint density at radius 2 is 2.07 bits per heavy atom. The third kappa shape index (κ3) is 4.88. The summed E-state index contributed by atoms with van der Waals surface area (Å²) in [6.45, 7) is 1.97. The molecule has 0 radical (unpaired) electrons. The van der Waals surface area contributed by atoms with Crippen molar-refractivity contribution in [2.75, 3.05) is 32.1 Å². The van der Waals surface area contributed by atoms with Crippen molar-refractivity contribution in [1.82, 2.24) is 14.9 Å². The second kappa shape index (κ2) is 9.16. The molecule has 1 amide bonds. The van der Waals surface area contributed by atoms with Gasteiger partial charge in [-0.25, -0.2) is 9.97 Å². The summed E-state index contributed by atoms with van der Waals surface area (Å²) >= 11 is 0. The van der Waals surface area contributed by atoms with Crippen LogP contribution in [0.1, 0.15) is 31.2 Å². The predicted octanol–water partition coefficient (Wildman–Crippen LogP) is 1.48. The van der Waals surface area contributed by atoms with E-state index in [1.165, 1.54) is 4.90 Å². The summed E-state index contributed by atoms with van der Waals surface area (Å²) in [6, 6.07) is 4.08. The van der Waals surface area contributed by atoms with E-state index < -0.39 is 0 Å². The van der Waals surface area contributed by atoms with Crippen LogP contribution in [0.2, 0.25) is 0 Å². The molecule has 1 aromatic carbocycles. The fraction of sp³-hybridized carbons (Fsp3) is 0.550. The highest BCUT2D eigenvalue weighted by atomic mass is 16.5. The molecule has 0 atom stereocenters. The molecule has 28 heavy (non-hydrogen) atoms. The standard InChI is InChI=1S/C20H28N4O4/c1-13-3-4-14-11-21-20(22-15-5-7-16(26)8-6-15)23-18(14)19(13)28-12-17(27)24(2)9-10-25/h3-4,11,15-16,25-26H,5-10,12H2,1-2H3,(H,21,22,23)/t15-,16-. The predicted molar refractivity (Wildman–Crippen MR) is 106 cm³/mol. The maximum atomic E-state index is 12.1. The van der Waals surface area contributed by atoms with Crippen molar-refractivity contribution in [3.8, 4) is 5.75 Å². The molecule has 8 nitrogen and oxygen atoms in total. The Hall–Kier alpha value is -2.45.